The van der Waals surface area contributed by atoms with Gasteiger partial charge in [0, 0.05) is 5.56 Å². The Morgan fingerprint density at radius 1 is 1.00 bits per heavy atom. The number of hydrazine groups is 1. The second-order valence-corrected chi connectivity index (χ2v) is 6.89. The van der Waals surface area contributed by atoms with Crippen molar-refractivity contribution in [2.45, 2.75) is 58.3 Å². The van der Waals surface area contributed by atoms with Gasteiger partial charge in [-0.1, -0.05) is 74.5 Å². The topological polar surface area (TPSA) is 41.6 Å². The fourth-order valence-corrected chi connectivity index (χ4v) is 3.19. The Balaban J connectivity index is 1.57. The number of hydrogen-bond donors (Lipinski definition) is 1. The van der Waals surface area contributed by atoms with Crippen LogP contribution in [0.2, 0.25) is 0 Å². The number of rotatable bonds is 9. The van der Waals surface area contributed by atoms with Gasteiger partial charge in [-0.3, -0.25) is 10.2 Å². The van der Waals surface area contributed by atoms with E-state index < -0.39 is 0 Å². The van der Waals surface area contributed by atoms with Crippen molar-refractivity contribution in [1.82, 2.24) is 5.17 Å². The van der Waals surface area contributed by atoms with E-state index in [0.717, 1.165) is 23.4 Å². The smallest absolute Gasteiger partial charge is 0.282 e. The first-order valence-electron chi connectivity index (χ1n) is 9.70. The molecule has 1 N–H and O–H groups in total. The highest BCUT2D eigenvalue weighted by atomic mass is 16.7. The van der Waals surface area contributed by atoms with Crippen molar-refractivity contribution >= 4 is 11.6 Å². The van der Waals surface area contributed by atoms with E-state index in [1.54, 1.807) is 0 Å². The van der Waals surface area contributed by atoms with Crippen LogP contribution in [-0.2, 0) is 17.6 Å². The van der Waals surface area contributed by atoms with Crippen molar-refractivity contribution in [2.75, 3.05) is 5.43 Å². The molecule has 0 fully saturated rings. The largest absolute Gasteiger partial charge is 0.356 e. The number of fused-ring (bicyclic) bond motifs is 1. The number of carbonyl (C=O) groups excluding carboxylic acids is 1. The second-order valence-electron chi connectivity index (χ2n) is 6.89. The molecule has 0 radical (unpaired) electrons. The fraction of sp³-hybridized carbons (Fsp3) is 0.409. The van der Waals surface area contributed by atoms with Gasteiger partial charge in [0.05, 0.1) is 12.1 Å². The number of carbonyl (C=O) groups is 1. The number of aryl methyl sites for hydroxylation is 1. The summed E-state index contributed by atoms with van der Waals surface area (Å²) >= 11 is 0. The van der Waals surface area contributed by atoms with Crippen LogP contribution in [0.5, 0.6) is 5.75 Å². The number of nitrogens with one attached hydrogen (secondary N) is 1. The van der Waals surface area contributed by atoms with Gasteiger partial charge in [0.1, 0.15) is 0 Å². The summed E-state index contributed by atoms with van der Waals surface area (Å²) in [6.45, 7) is 2.24. The summed E-state index contributed by atoms with van der Waals surface area (Å²) in [7, 11) is 0. The summed E-state index contributed by atoms with van der Waals surface area (Å²) in [6, 6.07) is 15.8. The molecule has 1 aliphatic rings. The van der Waals surface area contributed by atoms with Gasteiger partial charge in [-0.05, 0) is 36.6 Å². The lowest BCUT2D eigenvalue weighted by molar-refractivity contribution is -0.154. The maximum atomic E-state index is 12.3. The minimum absolute atomic E-state index is 0.0926. The van der Waals surface area contributed by atoms with E-state index in [-0.39, 0.29) is 5.91 Å². The van der Waals surface area contributed by atoms with E-state index >= 15 is 0 Å². The Bertz CT molecular complexity index is 715. The number of hydroxylamine groups is 1. The average Bonchev–Trinajstić information content (AvgIpc) is 2.66. The second kappa shape index (κ2) is 9.27. The summed E-state index contributed by atoms with van der Waals surface area (Å²) in [5.74, 6) is 0.682. The van der Waals surface area contributed by atoms with E-state index in [0.29, 0.717) is 6.42 Å². The van der Waals surface area contributed by atoms with Crippen LogP contribution in [0.1, 0.15) is 56.6 Å². The maximum Gasteiger partial charge on any atom is 0.282 e. The quantitative estimate of drug-likeness (QED) is 0.623. The number of amides is 1. The predicted molar refractivity (Wildman–Crippen MR) is 105 cm³/mol. The molecule has 2 aromatic rings. The van der Waals surface area contributed by atoms with Gasteiger partial charge in [0.2, 0.25) is 0 Å². The molecule has 0 bridgehead atoms. The molecule has 3 rings (SSSR count). The maximum absolute atomic E-state index is 12.3. The van der Waals surface area contributed by atoms with Crippen LogP contribution in [0.3, 0.4) is 0 Å². The van der Waals surface area contributed by atoms with Gasteiger partial charge in [0.15, 0.2) is 5.75 Å². The summed E-state index contributed by atoms with van der Waals surface area (Å²) in [5.41, 5.74) is 6.07. The van der Waals surface area contributed by atoms with E-state index in [2.05, 4.69) is 24.5 Å². The number of anilines is 1. The molecule has 1 aliphatic heterocycles. The van der Waals surface area contributed by atoms with Crippen molar-refractivity contribution in [3.63, 3.8) is 0 Å². The molecule has 0 spiro atoms. The monoisotopic (exact) mass is 352 g/mol. The van der Waals surface area contributed by atoms with Gasteiger partial charge in [-0.15, -0.1) is 0 Å². The first kappa shape index (κ1) is 18.3. The highest BCUT2D eigenvalue weighted by molar-refractivity contribution is 5.81. The third kappa shape index (κ3) is 5.01. The minimum atomic E-state index is -0.0926. The van der Waals surface area contributed by atoms with Crippen LogP contribution in [0.4, 0.5) is 5.69 Å². The van der Waals surface area contributed by atoms with Crippen LogP contribution < -0.4 is 10.3 Å². The Morgan fingerprint density at radius 3 is 2.58 bits per heavy atom. The number of benzene rings is 2. The molecular weight excluding hydrogens is 324 g/mol. The first-order valence-corrected chi connectivity index (χ1v) is 9.70. The Hall–Kier alpha value is -2.49. The summed E-state index contributed by atoms with van der Waals surface area (Å²) < 4.78 is 0. The van der Waals surface area contributed by atoms with Gasteiger partial charge in [-0.25, -0.2) is 0 Å². The summed E-state index contributed by atoms with van der Waals surface area (Å²) in [6.07, 6.45) is 9.17. The van der Waals surface area contributed by atoms with E-state index in [1.165, 1.54) is 49.3 Å². The summed E-state index contributed by atoms with van der Waals surface area (Å²) in [5, 5.41) is 1.24. The van der Waals surface area contributed by atoms with Crippen molar-refractivity contribution in [3.05, 3.63) is 59.7 Å². The molecule has 138 valence electrons. The highest BCUT2D eigenvalue weighted by Crippen LogP contribution is 2.28. The number of para-hydroxylation sites is 1. The van der Waals surface area contributed by atoms with Gasteiger partial charge < -0.3 is 4.84 Å². The standard InChI is InChI=1S/C22H28N2O2/c1-2-3-4-5-6-8-11-18-14-15-19-17-22(25)24(26-21(19)16-18)23-20-12-9-7-10-13-20/h7,9-10,12-16,23H,2-6,8,11,17H2,1H3. The van der Waals surface area contributed by atoms with Crippen molar-refractivity contribution in [3.8, 4) is 5.75 Å². The number of unbranched alkanes of at least 4 members (excludes halogenated alkanes) is 5. The van der Waals surface area contributed by atoms with Gasteiger partial charge in [-0.2, -0.15) is 0 Å². The number of hydrogen-bond acceptors (Lipinski definition) is 3. The van der Waals surface area contributed by atoms with Crippen molar-refractivity contribution < 1.29 is 9.63 Å². The molecule has 0 aromatic heterocycles. The Labute approximate surface area is 156 Å². The molecule has 0 aliphatic carbocycles. The Kier molecular flexibility index (Phi) is 6.53. The first-order chi connectivity index (χ1) is 12.8. The summed E-state index contributed by atoms with van der Waals surface area (Å²) in [4.78, 5) is 18.1. The van der Waals surface area contributed by atoms with E-state index in [9.17, 15) is 4.79 Å². The van der Waals surface area contributed by atoms with Gasteiger partial charge >= 0.3 is 0 Å². The molecule has 4 heteroatoms. The molecule has 0 saturated carbocycles. The molecular formula is C22H28N2O2. The van der Waals surface area contributed by atoms with Gasteiger partial charge in [0.25, 0.3) is 5.91 Å². The van der Waals surface area contributed by atoms with E-state index in [1.807, 2.05) is 36.4 Å². The molecule has 0 saturated heterocycles. The SMILES string of the molecule is CCCCCCCCc1ccc2c(c1)ON(Nc1ccccc1)C(=O)C2. The van der Waals surface area contributed by atoms with E-state index in [4.69, 9.17) is 4.84 Å². The third-order valence-corrected chi connectivity index (χ3v) is 4.71. The van der Waals surface area contributed by atoms with Crippen LogP contribution in [0, 0.1) is 0 Å². The van der Waals surface area contributed by atoms with Crippen LogP contribution in [0.15, 0.2) is 48.5 Å². The highest BCUT2D eigenvalue weighted by Gasteiger charge is 2.25. The molecule has 2 aromatic carbocycles. The molecule has 4 nitrogen and oxygen atoms in total. The van der Waals surface area contributed by atoms with Crippen molar-refractivity contribution in [2.24, 2.45) is 0 Å². The zero-order valence-electron chi connectivity index (χ0n) is 15.5. The van der Waals surface area contributed by atoms with Crippen LogP contribution in [0.25, 0.3) is 0 Å². The van der Waals surface area contributed by atoms with Crippen LogP contribution in [-0.4, -0.2) is 11.1 Å². The Morgan fingerprint density at radius 2 is 1.77 bits per heavy atom. The number of nitrogens with zero attached hydrogens (tertiary/aromatic N) is 1. The minimum Gasteiger partial charge on any atom is -0.356 e. The zero-order valence-corrected chi connectivity index (χ0v) is 15.5. The third-order valence-electron chi connectivity index (χ3n) is 4.71. The lowest BCUT2D eigenvalue weighted by Crippen LogP contribution is -2.43. The van der Waals surface area contributed by atoms with Crippen molar-refractivity contribution in [1.29, 1.82) is 0 Å². The molecule has 1 amide bonds. The average molecular weight is 352 g/mol. The zero-order chi connectivity index (χ0) is 18.2. The normalized spacial score (nSPS) is 13.3. The lowest BCUT2D eigenvalue weighted by atomic mass is 10.0. The predicted octanol–water partition coefficient (Wildman–Crippen LogP) is 5.30. The molecule has 26 heavy (non-hydrogen) atoms. The molecule has 0 unspecified atom stereocenters. The lowest BCUT2D eigenvalue weighted by Gasteiger charge is -2.28. The molecule has 1 heterocycles. The molecule has 0 atom stereocenters. The van der Waals surface area contributed by atoms with Crippen LogP contribution >= 0.6 is 0 Å². The fourth-order valence-electron chi connectivity index (χ4n) is 3.19.